The van der Waals surface area contributed by atoms with E-state index in [2.05, 4.69) is 0 Å². The van der Waals surface area contributed by atoms with E-state index in [1.54, 1.807) is 19.1 Å². The van der Waals surface area contributed by atoms with E-state index in [9.17, 15) is 25.0 Å². The van der Waals surface area contributed by atoms with Crippen molar-refractivity contribution in [3.8, 4) is 23.1 Å². The fourth-order valence-corrected chi connectivity index (χ4v) is 3.36. The van der Waals surface area contributed by atoms with Crippen molar-refractivity contribution in [1.29, 1.82) is 5.26 Å². The number of carbonyl (C=O) groups is 2. The Kier molecular flexibility index (Phi) is 6.54. The molecular weight excluding hydrogens is 414 g/mol. The average molecular weight is 435 g/mol. The lowest BCUT2D eigenvalue weighted by atomic mass is 9.94. The maximum atomic E-state index is 13.0. The van der Waals surface area contributed by atoms with Gasteiger partial charge in [-0.3, -0.25) is 24.6 Å². The molecule has 0 unspecified atom stereocenters. The predicted molar refractivity (Wildman–Crippen MR) is 115 cm³/mol. The van der Waals surface area contributed by atoms with Gasteiger partial charge in [-0.2, -0.15) is 5.26 Å². The SMILES string of the molecule is CCCCN1C(=O)C(C#N)=C(C)/C(=C/c2ccc(-c3ccc([N+](=O)[O-])cc3OC)o2)C1=O. The van der Waals surface area contributed by atoms with Crippen LogP contribution in [0.1, 0.15) is 32.4 Å². The lowest BCUT2D eigenvalue weighted by Gasteiger charge is -2.27. The van der Waals surface area contributed by atoms with E-state index in [-0.39, 0.29) is 29.1 Å². The van der Waals surface area contributed by atoms with E-state index in [1.165, 1.54) is 31.4 Å². The van der Waals surface area contributed by atoms with Crippen LogP contribution in [-0.4, -0.2) is 35.3 Å². The Balaban J connectivity index is 2.02. The normalized spacial score (nSPS) is 15.3. The van der Waals surface area contributed by atoms with E-state index in [1.807, 2.05) is 13.0 Å². The second-order valence-corrected chi connectivity index (χ2v) is 7.13. The molecule has 0 aliphatic carbocycles. The summed E-state index contributed by atoms with van der Waals surface area (Å²) < 4.78 is 11.1. The van der Waals surface area contributed by atoms with Crippen molar-refractivity contribution in [2.45, 2.75) is 26.7 Å². The molecule has 2 aromatic rings. The molecule has 3 rings (SSSR count). The number of nitro benzene ring substituents is 1. The Morgan fingerprint density at radius 3 is 2.62 bits per heavy atom. The van der Waals surface area contributed by atoms with Gasteiger partial charge in [-0.1, -0.05) is 13.3 Å². The van der Waals surface area contributed by atoms with E-state index in [4.69, 9.17) is 9.15 Å². The van der Waals surface area contributed by atoms with Gasteiger partial charge in [0.1, 0.15) is 28.9 Å². The lowest BCUT2D eigenvalue weighted by Crippen LogP contribution is -2.43. The maximum Gasteiger partial charge on any atom is 0.273 e. The van der Waals surface area contributed by atoms with E-state index >= 15 is 0 Å². The number of carbonyl (C=O) groups excluding carboxylic acids is 2. The number of methoxy groups -OCH3 is 1. The molecule has 0 saturated heterocycles. The van der Waals surface area contributed by atoms with Crippen molar-refractivity contribution >= 4 is 23.6 Å². The molecule has 0 N–H and O–H groups in total. The number of nitriles is 1. The number of rotatable bonds is 7. The third-order valence-corrected chi connectivity index (χ3v) is 5.14. The second kappa shape index (κ2) is 9.31. The number of hydrogen-bond donors (Lipinski definition) is 0. The number of benzene rings is 1. The van der Waals surface area contributed by atoms with Crippen LogP contribution >= 0.6 is 0 Å². The molecule has 32 heavy (non-hydrogen) atoms. The molecule has 0 spiro atoms. The Hall–Kier alpha value is -4.19. The van der Waals surface area contributed by atoms with Crippen LogP contribution in [-0.2, 0) is 9.59 Å². The van der Waals surface area contributed by atoms with Crippen molar-refractivity contribution in [3.63, 3.8) is 0 Å². The van der Waals surface area contributed by atoms with Gasteiger partial charge in [0.15, 0.2) is 0 Å². The maximum absolute atomic E-state index is 13.0. The summed E-state index contributed by atoms with van der Waals surface area (Å²) >= 11 is 0. The summed E-state index contributed by atoms with van der Waals surface area (Å²) in [6, 6.07) is 9.33. The molecule has 9 nitrogen and oxygen atoms in total. The second-order valence-electron chi connectivity index (χ2n) is 7.13. The first-order chi connectivity index (χ1) is 15.3. The van der Waals surface area contributed by atoms with Crippen LogP contribution in [0.5, 0.6) is 5.75 Å². The van der Waals surface area contributed by atoms with Crippen LogP contribution in [0.2, 0.25) is 0 Å². The summed E-state index contributed by atoms with van der Waals surface area (Å²) in [7, 11) is 1.40. The van der Waals surface area contributed by atoms with Gasteiger partial charge in [-0.25, -0.2) is 0 Å². The van der Waals surface area contributed by atoms with Gasteiger partial charge in [-0.15, -0.1) is 0 Å². The van der Waals surface area contributed by atoms with Gasteiger partial charge in [0.25, 0.3) is 17.5 Å². The molecule has 0 fully saturated rings. The molecule has 0 atom stereocenters. The van der Waals surface area contributed by atoms with Crippen LogP contribution < -0.4 is 4.74 Å². The summed E-state index contributed by atoms with van der Waals surface area (Å²) in [6.45, 7) is 3.73. The molecule has 2 amide bonds. The number of nitrogens with zero attached hydrogens (tertiary/aromatic N) is 3. The Morgan fingerprint density at radius 1 is 1.25 bits per heavy atom. The molecule has 1 aliphatic heterocycles. The Labute approximate surface area is 184 Å². The van der Waals surface area contributed by atoms with E-state index in [0.29, 0.717) is 29.1 Å². The molecule has 9 heteroatoms. The van der Waals surface area contributed by atoms with E-state index in [0.717, 1.165) is 11.3 Å². The first-order valence-corrected chi connectivity index (χ1v) is 9.94. The summed E-state index contributed by atoms with van der Waals surface area (Å²) in [4.78, 5) is 37.1. The molecular formula is C23H21N3O6. The zero-order valence-electron chi connectivity index (χ0n) is 17.9. The molecule has 2 heterocycles. The minimum absolute atomic E-state index is 0.0734. The number of furan rings is 1. The zero-order chi connectivity index (χ0) is 23.4. The number of unbranched alkanes of at least 4 members (excludes halogenated alkanes) is 1. The van der Waals surface area contributed by atoms with Gasteiger partial charge < -0.3 is 9.15 Å². The van der Waals surface area contributed by atoms with Gasteiger partial charge in [0.05, 0.1) is 23.7 Å². The van der Waals surface area contributed by atoms with Gasteiger partial charge >= 0.3 is 0 Å². The summed E-state index contributed by atoms with van der Waals surface area (Å²) in [5.74, 6) is -0.0964. The topological polar surface area (TPSA) is 127 Å². The fourth-order valence-electron chi connectivity index (χ4n) is 3.36. The van der Waals surface area contributed by atoms with Crippen molar-refractivity contribution in [2.75, 3.05) is 13.7 Å². The molecule has 0 bridgehead atoms. The highest BCUT2D eigenvalue weighted by molar-refractivity contribution is 6.19. The zero-order valence-corrected chi connectivity index (χ0v) is 17.9. The number of hydrogen-bond acceptors (Lipinski definition) is 7. The number of ether oxygens (including phenoxy) is 1. The van der Waals surface area contributed by atoms with Crippen LogP contribution in [0.25, 0.3) is 17.4 Å². The Bertz CT molecular complexity index is 1200. The molecule has 164 valence electrons. The highest BCUT2D eigenvalue weighted by Crippen LogP contribution is 2.35. The third-order valence-electron chi connectivity index (χ3n) is 5.14. The third kappa shape index (κ3) is 4.16. The minimum atomic E-state index is -0.587. The van der Waals surface area contributed by atoms with Gasteiger partial charge in [0, 0.05) is 18.2 Å². The van der Waals surface area contributed by atoms with Gasteiger partial charge in [-0.05, 0) is 43.2 Å². The summed E-state index contributed by atoms with van der Waals surface area (Å²) in [5.41, 5.74) is 0.807. The standard InChI is InChI=1S/C23H21N3O6/c1-4-5-10-25-22(27)18(14(2)19(13-24)23(25)28)12-16-7-9-20(32-16)17-8-6-15(26(29)30)11-21(17)31-3/h6-9,11-12H,4-5,10H2,1-3H3/b18-12-. The van der Waals surface area contributed by atoms with Crippen LogP contribution in [0.3, 0.4) is 0 Å². The largest absolute Gasteiger partial charge is 0.496 e. The monoisotopic (exact) mass is 435 g/mol. The highest BCUT2D eigenvalue weighted by Gasteiger charge is 2.35. The quantitative estimate of drug-likeness (QED) is 0.275. The molecule has 1 aliphatic rings. The van der Waals surface area contributed by atoms with Crippen LogP contribution in [0.4, 0.5) is 5.69 Å². The smallest absolute Gasteiger partial charge is 0.273 e. The van der Waals surface area contributed by atoms with Crippen LogP contribution in [0.15, 0.2) is 51.5 Å². The minimum Gasteiger partial charge on any atom is -0.496 e. The van der Waals surface area contributed by atoms with Crippen molar-refractivity contribution < 1.29 is 23.7 Å². The number of nitro groups is 1. The predicted octanol–water partition coefficient (Wildman–Crippen LogP) is 4.26. The molecule has 1 aromatic heterocycles. The first kappa shape index (κ1) is 22.5. The van der Waals surface area contributed by atoms with Gasteiger partial charge in [0.2, 0.25) is 0 Å². The number of amides is 2. The Morgan fingerprint density at radius 2 is 2.00 bits per heavy atom. The fraction of sp³-hybridized carbons (Fsp3) is 0.261. The lowest BCUT2D eigenvalue weighted by molar-refractivity contribution is -0.384. The molecule has 1 aromatic carbocycles. The van der Waals surface area contributed by atoms with Crippen molar-refractivity contribution in [3.05, 3.63) is 62.9 Å². The van der Waals surface area contributed by atoms with Crippen molar-refractivity contribution in [2.24, 2.45) is 0 Å². The summed E-state index contributed by atoms with van der Waals surface area (Å²) in [6.07, 6.45) is 2.91. The van der Waals surface area contributed by atoms with E-state index < -0.39 is 16.7 Å². The molecule has 0 radical (unpaired) electrons. The van der Waals surface area contributed by atoms with Crippen LogP contribution in [0, 0.1) is 21.4 Å². The average Bonchev–Trinajstić information content (AvgIpc) is 3.25. The number of imide groups is 1. The first-order valence-electron chi connectivity index (χ1n) is 9.94. The highest BCUT2D eigenvalue weighted by atomic mass is 16.6. The van der Waals surface area contributed by atoms with Crippen molar-refractivity contribution in [1.82, 2.24) is 4.90 Å². The summed E-state index contributed by atoms with van der Waals surface area (Å²) in [5, 5.41) is 20.4. The molecule has 0 saturated carbocycles. The number of non-ortho nitro benzene ring substituents is 1.